The Morgan fingerprint density at radius 1 is 1.24 bits per heavy atom. The van der Waals surface area contributed by atoms with E-state index < -0.39 is 17.9 Å². The highest BCUT2D eigenvalue weighted by molar-refractivity contribution is 5.95. The number of amides is 1. The molecule has 132 valence electrons. The molecule has 1 aliphatic carbocycles. The van der Waals surface area contributed by atoms with E-state index >= 15 is 0 Å². The van der Waals surface area contributed by atoms with E-state index in [1.54, 1.807) is 25.1 Å². The third kappa shape index (κ3) is 4.10. The molecule has 1 heterocycles. The number of carbonyl (C=O) groups is 1. The molecule has 0 atom stereocenters. The number of rotatable bonds is 6. The average molecular weight is 346 g/mol. The number of nitrogens with one attached hydrogen (secondary N) is 2. The summed E-state index contributed by atoms with van der Waals surface area (Å²) in [6.07, 6.45) is 0.519. The van der Waals surface area contributed by atoms with Crippen molar-refractivity contribution in [3.05, 3.63) is 41.7 Å². The Bertz CT molecular complexity index is 745. The third-order valence-electron chi connectivity index (χ3n) is 4.26. The molecule has 1 aromatic carbocycles. The predicted molar refractivity (Wildman–Crippen MR) is 91.5 cm³/mol. The molecule has 3 rings (SSSR count). The second-order valence-electron chi connectivity index (χ2n) is 6.17. The zero-order chi connectivity index (χ0) is 17.8. The van der Waals surface area contributed by atoms with Crippen LogP contribution >= 0.6 is 0 Å². The molecule has 1 aliphatic rings. The summed E-state index contributed by atoms with van der Waals surface area (Å²) in [4.78, 5) is 11.9. The molecule has 7 heteroatoms. The number of alkyl halides is 1. The standard InChI is InChI=1S/C18H20F2N4O/c1-2-21-18(25)14-9-12(3-4-15(14)20)16-5-6-17(24-23-16)22-10-11-7-13(19)8-11/h3-6,9,11,13H,2,7-8,10H2,1H3,(H,21,25)(H,22,24). The van der Waals surface area contributed by atoms with Gasteiger partial charge in [0.2, 0.25) is 0 Å². The van der Waals surface area contributed by atoms with Crippen LogP contribution in [0.5, 0.6) is 0 Å². The Hall–Kier alpha value is -2.57. The topological polar surface area (TPSA) is 66.9 Å². The smallest absolute Gasteiger partial charge is 0.254 e. The molecule has 1 fully saturated rings. The molecule has 0 spiro atoms. The summed E-state index contributed by atoms with van der Waals surface area (Å²) < 4.78 is 26.6. The summed E-state index contributed by atoms with van der Waals surface area (Å²) in [5, 5.41) is 13.9. The van der Waals surface area contributed by atoms with Crippen LogP contribution in [0.1, 0.15) is 30.1 Å². The number of hydrogen-bond acceptors (Lipinski definition) is 4. The summed E-state index contributed by atoms with van der Waals surface area (Å²) in [6, 6.07) is 7.79. The highest BCUT2D eigenvalue weighted by Gasteiger charge is 2.28. The van der Waals surface area contributed by atoms with E-state index in [9.17, 15) is 13.6 Å². The largest absolute Gasteiger partial charge is 0.368 e. The van der Waals surface area contributed by atoms with Crippen LogP contribution < -0.4 is 10.6 Å². The molecule has 25 heavy (non-hydrogen) atoms. The molecule has 5 nitrogen and oxygen atoms in total. The van der Waals surface area contributed by atoms with Crippen LogP contribution in [-0.2, 0) is 0 Å². The SMILES string of the molecule is CCNC(=O)c1cc(-c2ccc(NCC3CC(F)C3)nn2)ccc1F. The van der Waals surface area contributed by atoms with Gasteiger partial charge >= 0.3 is 0 Å². The van der Waals surface area contributed by atoms with Crippen molar-refractivity contribution in [3.63, 3.8) is 0 Å². The number of anilines is 1. The fourth-order valence-electron chi connectivity index (χ4n) is 2.76. The first-order chi connectivity index (χ1) is 12.1. The maximum atomic E-state index is 13.8. The third-order valence-corrected chi connectivity index (χ3v) is 4.26. The zero-order valence-corrected chi connectivity index (χ0v) is 13.9. The van der Waals surface area contributed by atoms with Gasteiger partial charge in [-0.25, -0.2) is 8.78 Å². The van der Waals surface area contributed by atoms with Crippen molar-refractivity contribution in [3.8, 4) is 11.3 Å². The molecule has 0 saturated heterocycles. The Morgan fingerprint density at radius 3 is 2.68 bits per heavy atom. The van der Waals surface area contributed by atoms with Crippen LogP contribution in [0.15, 0.2) is 30.3 Å². The van der Waals surface area contributed by atoms with Gasteiger partial charge in [0.05, 0.1) is 11.3 Å². The summed E-state index contributed by atoms with van der Waals surface area (Å²) in [5.74, 6) is -0.0855. The number of aromatic nitrogens is 2. The Balaban J connectivity index is 1.69. The molecule has 0 unspecified atom stereocenters. The van der Waals surface area contributed by atoms with Crippen molar-refractivity contribution >= 4 is 11.7 Å². The van der Waals surface area contributed by atoms with Crippen LogP contribution in [0.2, 0.25) is 0 Å². The van der Waals surface area contributed by atoms with E-state index in [-0.39, 0.29) is 5.56 Å². The Labute approximate surface area is 144 Å². The first-order valence-electron chi connectivity index (χ1n) is 8.36. The first-order valence-corrected chi connectivity index (χ1v) is 8.36. The predicted octanol–water partition coefficient (Wildman–Crippen LogP) is 3.19. The molecule has 0 radical (unpaired) electrons. The fourth-order valence-corrected chi connectivity index (χ4v) is 2.76. The Kier molecular flexibility index (Phi) is 5.21. The quantitative estimate of drug-likeness (QED) is 0.843. The van der Waals surface area contributed by atoms with E-state index in [1.807, 2.05) is 0 Å². The van der Waals surface area contributed by atoms with Crippen LogP contribution in [0, 0.1) is 11.7 Å². The number of benzene rings is 1. The van der Waals surface area contributed by atoms with Gasteiger partial charge in [0.25, 0.3) is 5.91 Å². The van der Waals surface area contributed by atoms with Gasteiger partial charge in [-0.15, -0.1) is 10.2 Å². The lowest BCUT2D eigenvalue weighted by molar-refractivity contribution is 0.0952. The van der Waals surface area contributed by atoms with Gasteiger partial charge in [-0.2, -0.15) is 0 Å². The van der Waals surface area contributed by atoms with Crippen molar-refractivity contribution in [1.82, 2.24) is 15.5 Å². The van der Waals surface area contributed by atoms with Gasteiger partial charge in [-0.1, -0.05) is 0 Å². The molecule has 1 amide bonds. The first kappa shape index (κ1) is 17.3. The lowest BCUT2D eigenvalue weighted by Crippen LogP contribution is -2.30. The molecule has 2 N–H and O–H groups in total. The van der Waals surface area contributed by atoms with E-state index in [4.69, 9.17) is 0 Å². The average Bonchev–Trinajstić information content (AvgIpc) is 2.59. The monoisotopic (exact) mass is 346 g/mol. The molecular formula is C18H20F2N4O. The number of carbonyl (C=O) groups excluding carboxylic acids is 1. The molecule has 1 aromatic heterocycles. The van der Waals surface area contributed by atoms with E-state index in [1.165, 1.54) is 12.1 Å². The maximum Gasteiger partial charge on any atom is 0.254 e. The fraction of sp³-hybridized carbons (Fsp3) is 0.389. The van der Waals surface area contributed by atoms with Crippen molar-refractivity contribution in [2.24, 2.45) is 5.92 Å². The van der Waals surface area contributed by atoms with E-state index in [2.05, 4.69) is 20.8 Å². The number of nitrogens with zero attached hydrogens (tertiary/aromatic N) is 2. The lowest BCUT2D eigenvalue weighted by Gasteiger charge is -2.29. The molecule has 1 saturated carbocycles. The maximum absolute atomic E-state index is 13.8. The van der Waals surface area contributed by atoms with E-state index in [0.717, 1.165) is 0 Å². The van der Waals surface area contributed by atoms with Gasteiger partial charge in [0, 0.05) is 18.7 Å². The summed E-state index contributed by atoms with van der Waals surface area (Å²) in [5.41, 5.74) is 1.14. The molecular weight excluding hydrogens is 326 g/mol. The van der Waals surface area contributed by atoms with Crippen molar-refractivity contribution < 1.29 is 13.6 Å². The van der Waals surface area contributed by atoms with Gasteiger partial charge in [0.15, 0.2) is 0 Å². The zero-order valence-electron chi connectivity index (χ0n) is 13.9. The van der Waals surface area contributed by atoms with Crippen LogP contribution in [-0.4, -0.2) is 35.4 Å². The second-order valence-corrected chi connectivity index (χ2v) is 6.17. The van der Waals surface area contributed by atoms with Crippen LogP contribution in [0.4, 0.5) is 14.6 Å². The van der Waals surface area contributed by atoms with Gasteiger partial charge < -0.3 is 10.6 Å². The molecule has 2 aromatic rings. The number of halogens is 2. The van der Waals surface area contributed by atoms with E-state index in [0.29, 0.717) is 48.9 Å². The minimum absolute atomic E-state index is 0.0193. The lowest BCUT2D eigenvalue weighted by atomic mass is 9.83. The minimum Gasteiger partial charge on any atom is -0.368 e. The summed E-state index contributed by atoms with van der Waals surface area (Å²) >= 11 is 0. The Morgan fingerprint density at radius 2 is 2.04 bits per heavy atom. The highest BCUT2D eigenvalue weighted by Crippen LogP contribution is 2.30. The van der Waals surface area contributed by atoms with Gasteiger partial charge in [-0.05, 0) is 56.0 Å². The van der Waals surface area contributed by atoms with Gasteiger partial charge in [0.1, 0.15) is 17.8 Å². The van der Waals surface area contributed by atoms with Crippen molar-refractivity contribution in [1.29, 1.82) is 0 Å². The summed E-state index contributed by atoms with van der Waals surface area (Å²) in [6.45, 7) is 2.87. The van der Waals surface area contributed by atoms with Crippen LogP contribution in [0.3, 0.4) is 0 Å². The van der Waals surface area contributed by atoms with Gasteiger partial charge in [-0.3, -0.25) is 4.79 Å². The number of hydrogen-bond donors (Lipinski definition) is 2. The van der Waals surface area contributed by atoms with Crippen molar-refractivity contribution in [2.75, 3.05) is 18.4 Å². The second kappa shape index (κ2) is 7.55. The normalized spacial score (nSPS) is 19.2. The molecule has 0 aliphatic heterocycles. The summed E-state index contributed by atoms with van der Waals surface area (Å²) in [7, 11) is 0. The van der Waals surface area contributed by atoms with Crippen LogP contribution in [0.25, 0.3) is 11.3 Å². The highest BCUT2D eigenvalue weighted by atomic mass is 19.1. The molecule has 0 bridgehead atoms. The van der Waals surface area contributed by atoms with Crippen molar-refractivity contribution in [2.45, 2.75) is 25.9 Å². The minimum atomic E-state index is -0.669.